The van der Waals surface area contributed by atoms with E-state index in [0.29, 0.717) is 17.2 Å². The molecular weight excluding hydrogens is 340 g/mol. The predicted molar refractivity (Wildman–Crippen MR) is 85.0 cm³/mol. The van der Waals surface area contributed by atoms with Gasteiger partial charge in [0.2, 0.25) is 0 Å². The number of aromatic nitrogens is 1. The third-order valence-corrected chi connectivity index (χ3v) is 4.54. The van der Waals surface area contributed by atoms with Crippen molar-refractivity contribution in [2.45, 2.75) is 11.1 Å². The molecule has 4 nitrogen and oxygen atoms in total. The lowest BCUT2D eigenvalue weighted by Gasteiger charge is -2.13. The van der Waals surface area contributed by atoms with Crippen LogP contribution in [0.4, 0.5) is 5.69 Å². The summed E-state index contributed by atoms with van der Waals surface area (Å²) in [6.45, 7) is 0.200. The predicted octanol–water partition coefficient (Wildman–Crippen LogP) is 2.96. The fraction of sp³-hybridized carbons (Fsp3) is 0.214. The van der Waals surface area contributed by atoms with Crippen molar-refractivity contribution in [3.63, 3.8) is 0 Å². The molecule has 1 unspecified atom stereocenters. The number of hydrogen-bond donors (Lipinski definition) is 2. The maximum atomic E-state index is 9.92. The van der Waals surface area contributed by atoms with Gasteiger partial charge in [0, 0.05) is 16.4 Å². The Hall–Kier alpha value is -1.24. The lowest BCUT2D eigenvalue weighted by molar-refractivity contribution is 0.127. The summed E-state index contributed by atoms with van der Waals surface area (Å²) in [6, 6.07) is 11.0. The molecule has 1 heterocycles. The van der Waals surface area contributed by atoms with Crippen LogP contribution in [0, 0.1) is 0 Å². The molecule has 0 bridgehead atoms. The Morgan fingerprint density at radius 1 is 1.30 bits per heavy atom. The lowest BCUT2D eigenvalue weighted by atomic mass is 10.3. The highest BCUT2D eigenvalue weighted by molar-refractivity contribution is 9.10. The smallest absolute Gasteiger partial charge is 0.142 e. The van der Waals surface area contributed by atoms with Crippen LogP contribution in [0.1, 0.15) is 0 Å². The molecule has 0 saturated heterocycles. The second-order valence-electron chi connectivity index (χ2n) is 4.10. The number of pyridine rings is 1. The first-order chi connectivity index (χ1) is 9.66. The van der Waals surface area contributed by atoms with E-state index < -0.39 is 6.10 Å². The molecule has 0 aliphatic carbocycles. The molecule has 0 fully saturated rings. The number of anilines is 1. The number of aliphatic hydroxyl groups excluding tert-OH is 1. The topological polar surface area (TPSA) is 68.4 Å². The summed E-state index contributed by atoms with van der Waals surface area (Å²) in [5.41, 5.74) is 6.33. The van der Waals surface area contributed by atoms with Gasteiger partial charge in [-0.2, -0.15) is 0 Å². The van der Waals surface area contributed by atoms with E-state index in [4.69, 9.17) is 10.5 Å². The Kier molecular flexibility index (Phi) is 5.70. The van der Waals surface area contributed by atoms with Crippen LogP contribution in [-0.2, 0) is 0 Å². The van der Waals surface area contributed by atoms with Gasteiger partial charge in [-0.05, 0) is 40.2 Å². The molecule has 2 rings (SSSR count). The van der Waals surface area contributed by atoms with Crippen molar-refractivity contribution < 1.29 is 9.84 Å². The van der Waals surface area contributed by atoms with Crippen LogP contribution in [-0.4, -0.2) is 28.6 Å². The van der Waals surface area contributed by atoms with Crippen molar-refractivity contribution in [2.75, 3.05) is 18.1 Å². The van der Waals surface area contributed by atoms with Crippen LogP contribution in [0.15, 0.2) is 52.1 Å². The van der Waals surface area contributed by atoms with Gasteiger partial charge >= 0.3 is 0 Å². The standard InChI is InChI=1S/C14H15BrN2O2S/c15-11-4-3-7-17-14(11)20-9-10(18)8-19-13-6-2-1-5-12(13)16/h1-7,10,18H,8-9,16H2. The maximum absolute atomic E-state index is 9.92. The van der Waals surface area contributed by atoms with Gasteiger partial charge in [0.25, 0.3) is 0 Å². The molecule has 2 aromatic rings. The average Bonchev–Trinajstić information content (AvgIpc) is 2.45. The third-order valence-electron chi connectivity index (χ3n) is 2.49. The van der Waals surface area contributed by atoms with Crippen LogP contribution in [0.2, 0.25) is 0 Å². The van der Waals surface area contributed by atoms with Gasteiger partial charge in [-0.3, -0.25) is 0 Å². The first-order valence-electron chi connectivity index (χ1n) is 6.05. The minimum absolute atomic E-state index is 0.200. The van der Waals surface area contributed by atoms with Gasteiger partial charge in [-0.15, -0.1) is 11.8 Å². The molecule has 0 aliphatic heterocycles. The number of nitrogens with two attached hydrogens (primary N) is 1. The van der Waals surface area contributed by atoms with E-state index in [1.165, 1.54) is 11.8 Å². The molecule has 1 aromatic carbocycles. The van der Waals surface area contributed by atoms with Crippen LogP contribution in [0.5, 0.6) is 5.75 Å². The molecule has 0 saturated carbocycles. The fourth-order valence-corrected chi connectivity index (χ4v) is 2.88. The number of thioether (sulfide) groups is 1. The molecule has 6 heteroatoms. The van der Waals surface area contributed by atoms with E-state index in [-0.39, 0.29) is 6.61 Å². The second-order valence-corrected chi connectivity index (χ2v) is 5.97. The monoisotopic (exact) mass is 354 g/mol. The Labute approximate surface area is 130 Å². The normalized spacial score (nSPS) is 12.1. The summed E-state index contributed by atoms with van der Waals surface area (Å²) in [4.78, 5) is 4.23. The Morgan fingerprint density at radius 2 is 2.10 bits per heavy atom. The number of ether oxygens (including phenoxy) is 1. The molecule has 20 heavy (non-hydrogen) atoms. The molecule has 1 atom stereocenters. The van der Waals surface area contributed by atoms with E-state index in [1.807, 2.05) is 24.3 Å². The number of rotatable bonds is 6. The van der Waals surface area contributed by atoms with Crippen LogP contribution >= 0.6 is 27.7 Å². The Balaban J connectivity index is 1.80. The number of nitrogen functional groups attached to an aromatic ring is 1. The number of halogens is 1. The zero-order chi connectivity index (χ0) is 14.4. The zero-order valence-corrected chi connectivity index (χ0v) is 13.1. The van der Waals surface area contributed by atoms with Crippen LogP contribution in [0.3, 0.4) is 0 Å². The minimum atomic E-state index is -0.589. The van der Waals surface area contributed by atoms with Gasteiger partial charge < -0.3 is 15.6 Å². The molecule has 0 spiro atoms. The highest BCUT2D eigenvalue weighted by atomic mass is 79.9. The van der Waals surface area contributed by atoms with Crippen molar-refractivity contribution in [3.8, 4) is 5.75 Å². The summed E-state index contributed by atoms with van der Waals surface area (Å²) in [5.74, 6) is 1.10. The number of nitrogens with zero attached hydrogens (tertiary/aromatic N) is 1. The quantitative estimate of drug-likeness (QED) is 0.616. The molecule has 1 aromatic heterocycles. The van der Waals surface area contributed by atoms with E-state index in [1.54, 1.807) is 18.3 Å². The molecule has 3 N–H and O–H groups in total. The van der Waals surface area contributed by atoms with Gasteiger partial charge in [0.05, 0.1) is 11.8 Å². The van der Waals surface area contributed by atoms with E-state index in [2.05, 4.69) is 20.9 Å². The molecule has 0 radical (unpaired) electrons. The lowest BCUT2D eigenvalue weighted by Crippen LogP contribution is -2.20. The van der Waals surface area contributed by atoms with Crippen molar-refractivity contribution in [3.05, 3.63) is 47.1 Å². The number of aliphatic hydroxyl groups is 1. The summed E-state index contributed by atoms with van der Waals surface area (Å²) >= 11 is 4.89. The van der Waals surface area contributed by atoms with Gasteiger partial charge in [0.15, 0.2) is 0 Å². The highest BCUT2D eigenvalue weighted by Gasteiger charge is 2.09. The second kappa shape index (κ2) is 7.52. The Bertz CT molecular complexity index is 519. The fourth-order valence-electron chi connectivity index (χ4n) is 1.50. The molecule has 0 aliphatic rings. The first kappa shape index (κ1) is 15.2. The summed E-state index contributed by atoms with van der Waals surface area (Å²) in [6.07, 6.45) is 1.13. The van der Waals surface area contributed by atoms with Gasteiger partial charge in [-0.1, -0.05) is 12.1 Å². The van der Waals surface area contributed by atoms with Crippen molar-refractivity contribution >= 4 is 33.4 Å². The van der Waals surface area contributed by atoms with Gasteiger partial charge in [0.1, 0.15) is 17.4 Å². The van der Waals surface area contributed by atoms with Crippen molar-refractivity contribution in [1.29, 1.82) is 0 Å². The van der Waals surface area contributed by atoms with E-state index >= 15 is 0 Å². The highest BCUT2D eigenvalue weighted by Crippen LogP contribution is 2.25. The summed E-state index contributed by atoms with van der Waals surface area (Å²) in [7, 11) is 0. The van der Waals surface area contributed by atoms with E-state index in [0.717, 1.165) is 9.50 Å². The Morgan fingerprint density at radius 3 is 2.85 bits per heavy atom. The summed E-state index contributed by atoms with van der Waals surface area (Å²) < 4.78 is 6.42. The van der Waals surface area contributed by atoms with E-state index in [9.17, 15) is 5.11 Å². The number of benzene rings is 1. The van der Waals surface area contributed by atoms with Crippen LogP contribution in [0.25, 0.3) is 0 Å². The van der Waals surface area contributed by atoms with Crippen molar-refractivity contribution in [1.82, 2.24) is 4.98 Å². The maximum Gasteiger partial charge on any atom is 0.142 e. The first-order valence-corrected chi connectivity index (χ1v) is 7.83. The largest absolute Gasteiger partial charge is 0.489 e. The van der Waals surface area contributed by atoms with Crippen molar-refractivity contribution in [2.24, 2.45) is 0 Å². The van der Waals surface area contributed by atoms with Crippen LogP contribution < -0.4 is 10.5 Å². The SMILES string of the molecule is Nc1ccccc1OCC(O)CSc1ncccc1Br. The summed E-state index contributed by atoms with van der Waals surface area (Å²) in [5, 5.41) is 10.8. The molecule has 106 valence electrons. The van der Waals surface area contributed by atoms with Gasteiger partial charge in [-0.25, -0.2) is 4.98 Å². The number of para-hydroxylation sites is 2. The average molecular weight is 355 g/mol. The molecule has 0 amide bonds. The molecular formula is C14H15BrN2O2S. The minimum Gasteiger partial charge on any atom is -0.489 e. The zero-order valence-electron chi connectivity index (χ0n) is 10.7. The third kappa shape index (κ3) is 4.40. The number of hydrogen-bond acceptors (Lipinski definition) is 5.